The first-order chi connectivity index (χ1) is 17.8. The summed E-state index contributed by atoms with van der Waals surface area (Å²) < 4.78 is 14.8. The monoisotopic (exact) mass is 493 g/mol. The summed E-state index contributed by atoms with van der Waals surface area (Å²) in [4.78, 5) is 28.3. The van der Waals surface area contributed by atoms with Gasteiger partial charge in [0, 0.05) is 35.9 Å². The summed E-state index contributed by atoms with van der Waals surface area (Å²) in [6, 6.07) is 22.8. The minimum atomic E-state index is -0.474. The van der Waals surface area contributed by atoms with Crippen LogP contribution in [-0.4, -0.2) is 26.3 Å². The molecular formula is C29H24FN5O2. The van der Waals surface area contributed by atoms with E-state index in [4.69, 9.17) is 5.73 Å². The summed E-state index contributed by atoms with van der Waals surface area (Å²) >= 11 is 0. The predicted octanol–water partition coefficient (Wildman–Crippen LogP) is 5.04. The molecule has 0 unspecified atom stereocenters. The van der Waals surface area contributed by atoms with Crippen molar-refractivity contribution < 1.29 is 14.0 Å². The van der Waals surface area contributed by atoms with Crippen LogP contribution in [-0.2, 0) is 17.6 Å². The van der Waals surface area contributed by atoms with Crippen molar-refractivity contribution in [2.75, 3.05) is 5.32 Å². The highest BCUT2D eigenvalue weighted by Gasteiger charge is 2.10. The number of pyridine rings is 1. The number of carbonyl (C=O) groups excluding carboxylic acids is 2. The number of benzene rings is 3. The highest BCUT2D eigenvalue weighted by molar-refractivity contribution is 5.93. The Balaban J connectivity index is 1.27. The fourth-order valence-electron chi connectivity index (χ4n) is 4.12. The SMILES string of the molecule is Cc1cc(C(N)=O)ccc1Nc1nc2ccc(-c3ccc(CC(=O)Cc4ccc(F)cc4)cc3)cn2n1. The van der Waals surface area contributed by atoms with Crippen molar-refractivity contribution in [3.8, 4) is 11.1 Å². The summed E-state index contributed by atoms with van der Waals surface area (Å²) in [7, 11) is 0. The van der Waals surface area contributed by atoms with E-state index in [1.54, 1.807) is 34.8 Å². The Hall–Kier alpha value is -4.85. The number of amides is 1. The number of nitrogens with one attached hydrogen (secondary N) is 1. The Morgan fingerprint density at radius 2 is 1.54 bits per heavy atom. The molecule has 0 aliphatic carbocycles. The highest BCUT2D eigenvalue weighted by Crippen LogP contribution is 2.23. The minimum absolute atomic E-state index is 0.0722. The zero-order valence-electron chi connectivity index (χ0n) is 20.1. The predicted molar refractivity (Wildman–Crippen MR) is 140 cm³/mol. The van der Waals surface area contributed by atoms with E-state index < -0.39 is 5.91 Å². The van der Waals surface area contributed by atoms with E-state index in [0.29, 0.717) is 23.6 Å². The van der Waals surface area contributed by atoms with Crippen LogP contribution in [0.25, 0.3) is 16.8 Å². The Labute approximate surface area is 212 Å². The first kappa shape index (κ1) is 23.9. The molecule has 184 valence electrons. The van der Waals surface area contributed by atoms with E-state index in [1.807, 2.05) is 49.5 Å². The highest BCUT2D eigenvalue weighted by atomic mass is 19.1. The first-order valence-electron chi connectivity index (χ1n) is 11.7. The molecule has 5 aromatic rings. The molecule has 3 N–H and O–H groups in total. The number of ketones is 1. The summed E-state index contributed by atoms with van der Waals surface area (Å²) in [5.74, 6) is -0.280. The lowest BCUT2D eigenvalue weighted by Gasteiger charge is -2.07. The molecule has 2 aromatic heterocycles. The quantitative estimate of drug-likeness (QED) is 0.315. The maximum absolute atomic E-state index is 13.1. The summed E-state index contributed by atoms with van der Waals surface area (Å²) in [5, 5.41) is 7.72. The average Bonchev–Trinajstić information content (AvgIpc) is 3.28. The Morgan fingerprint density at radius 1 is 0.892 bits per heavy atom. The Morgan fingerprint density at radius 3 is 2.19 bits per heavy atom. The molecule has 8 heteroatoms. The third kappa shape index (κ3) is 5.54. The van der Waals surface area contributed by atoms with Gasteiger partial charge in [-0.1, -0.05) is 36.4 Å². The van der Waals surface area contributed by atoms with Gasteiger partial charge in [-0.3, -0.25) is 9.59 Å². The summed E-state index contributed by atoms with van der Waals surface area (Å²) in [6.07, 6.45) is 2.48. The van der Waals surface area contributed by atoms with E-state index in [9.17, 15) is 14.0 Å². The standard InChI is InChI=1S/C29H24FN5O2/c1-18-14-22(28(31)37)8-12-26(18)32-29-33-27-13-9-23(17-35(27)34-29)21-6-2-19(3-7-21)15-25(36)16-20-4-10-24(30)11-5-20/h2-14,17H,15-16H2,1H3,(H2,31,37)(H,32,34). The molecule has 0 spiro atoms. The van der Waals surface area contributed by atoms with Gasteiger partial charge in [-0.15, -0.1) is 5.10 Å². The van der Waals surface area contributed by atoms with Crippen LogP contribution in [0, 0.1) is 12.7 Å². The van der Waals surface area contributed by atoms with E-state index in [0.717, 1.165) is 33.5 Å². The van der Waals surface area contributed by atoms with Gasteiger partial charge >= 0.3 is 0 Å². The molecule has 0 fully saturated rings. The number of hydrogen-bond acceptors (Lipinski definition) is 5. The zero-order valence-corrected chi connectivity index (χ0v) is 20.1. The van der Waals surface area contributed by atoms with Gasteiger partial charge < -0.3 is 11.1 Å². The molecule has 37 heavy (non-hydrogen) atoms. The third-order valence-corrected chi connectivity index (χ3v) is 6.09. The van der Waals surface area contributed by atoms with Crippen LogP contribution in [0.3, 0.4) is 0 Å². The number of aromatic nitrogens is 3. The second kappa shape index (κ2) is 10.0. The van der Waals surface area contributed by atoms with Crippen LogP contribution in [0.1, 0.15) is 27.0 Å². The van der Waals surface area contributed by atoms with Crippen molar-refractivity contribution in [2.45, 2.75) is 19.8 Å². The average molecular weight is 494 g/mol. The van der Waals surface area contributed by atoms with Crippen LogP contribution < -0.4 is 11.1 Å². The maximum atomic E-state index is 13.1. The lowest BCUT2D eigenvalue weighted by Crippen LogP contribution is -2.11. The van der Waals surface area contributed by atoms with Crippen LogP contribution in [0.5, 0.6) is 0 Å². The van der Waals surface area contributed by atoms with Crippen molar-refractivity contribution in [2.24, 2.45) is 5.73 Å². The van der Waals surface area contributed by atoms with Crippen molar-refractivity contribution in [1.29, 1.82) is 0 Å². The molecule has 0 atom stereocenters. The summed E-state index contributed by atoms with van der Waals surface area (Å²) in [6.45, 7) is 1.88. The maximum Gasteiger partial charge on any atom is 0.248 e. The number of rotatable bonds is 8. The lowest BCUT2D eigenvalue weighted by molar-refractivity contribution is -0.117. The van der Waals surface area contributed by atoms with E-state index in [2.05, 4.69) is 15.4 Å². The number of primary amides is 1. The number of Topliss-reactive ketones (excluding diaryl/α,β-unsaturated/α-hetero) is 1. The number of halogens is 1. The normalized spacial score (nSPS) is 11.0. The smallest absolute Gasteiger partial charge is 0.248 e. The first-order valence-corrected chi connectivity index (χ1v) is 11.7. The van der Waals surface area contributed by atoms with Gasteiger partial charge in [0.05, 0.1) is 0 Å². The molecule has 7 nitrogen and oxygen atoms in total. The molecular weight excluding hydrogens is 469 g/mol. The number of aryl methyl sites for hydroxylation is 1. The van der Waals surface area contributed by atoms with Gasteiger partial charge in [0.15, 0.2) is 5.65 Å². The van der Waals surface area contributed by atoms with Crippen molar-refractivity contribution in [3.05, 3.63) is 113 Å². The fourth-order valence-corrected chi connectivity index (χ4v) is 4.12. The zero-order chi connectivity index (χ0) is 25.9. The third-order valence-electron chi connectivity index (χ3n) is 6.09. The molecule has 1 amide bonds. The number of carbonyl (C=O) groups is 2. The second-order valence-corrected chi connectivity index (χ2v) is 8.89. The molecule has 0 radical (unpaired) electrons. The van der Waals surface area contributed by atoms with E-state index in [-0.39, 0.29) is 18.0 Å². The fraction of sp³-hybridized carbons (Fsp3) is 0.103. The van der Waals surface area contributed by atoms with Crippen LogP contribution in [0.4, 0.5) is 16.0 Å². The van der Waals surface area contributed by atoms with Crippen LogP contribution in [0.15, 0.2) is 85.1 Å². The van der Waals surface area contributed by atoms with Crippen LogP contribution in [0.2, 0.25) is 0 Å². The second-order valence-electron chi connectivity index (χ2n) is 8.89. The molecule has 0 saturated heterocycles. The summed E-state index contributed by atoms with van der Waals surface area (Å²) in [5.41, 5.74) is 11.8. The van der Waals surface area contributed by atoms with Gasteiger partial charge in [0.25, 0.3) is 0 Å². The van der Waals surface area contributed by atoms with Gasteiger partial charge in [0.2, 0.25) is 11.9 Å². The lowest BCUT2D eigenvalue weighted by atomic mass is 10.0. The van der Waals surface area contributed by atoms with Gasteiger partial charge in [-0.05, 0) is 71.6 Å². The van der Waals surface area contributed by atoms with Gasteiger partial charge in [-0.25, -0.2) is 8.91 Å². The molecule has 0 aliphatic heterocycles. The number of nitrogens with zero attached hydrogens (tertiary/aromatic N) is 3. The molecule has 3 aromatic carbocycles. The number of anilines is 2. The minimum Gasteiger partial charge on any atom is -0.366 e. The molecule has 5 rings (SSSR count). The Kier molecular flexibility index (Phi) is 6.47. The molecule has 0 bridgehead atoms. The largest absolute Gasteiger partial charge is 0.366 e. The van der Waals surface area contributed by atoms with E-state index >= 15 is 0 Å². The number of fused-ring (bicyclic) bond motifs is 1. The van der Waals surface area contributed by atoms with Gasteiger partial charge in [-0.2, -0.15) is 4.98 Å². The van der Waals surface area contributed by atoms with Crippen LogP contribution >= 0.6 is 0 Å². The molecule has 0 saturated carbocycles. The number of hydrogen-bond donors (Lipinski definition) is 2. The Bertz CT molecular complexity index is 1610. The topological polar surface area (TPSA) is 102 Å². The molecule has 0 aliphatic rings. The van der Waals surface area contributed by atoms with E-state index in [1.165, 1.54) is 12.1 Å². The van der Waals surface area contributed by atoms with Gasteiger partial charge in [0.1, 0.15) is 11.6 Å². The van der Waals surface area contributed by atoms with Crippen molar-refractivity contribution in [3.63, 3.8) is 0 Å². The molecule has 2 heterocycles. The number of nitrogens with two attached hydrogens (primary N) is 1. The van der Waals surface area contributed by atoms with Crippen molar-refractivity contribution >= 4 is 29.0 Å². The van der Waals surface area contributed by atoms with Crippen molar-refractivity contribution in [1.82, 2.24) is 14.6 Å².